The lowest BCUT2D eigenvalue weighted by molar-refractivity contribution is 0.355. The van der Waals surface area contributed by atoms with E-state index in [1.807, 2.05) is 6.92 Å². The molecule has 0 bridgehead atoms. The summed E-state index contributed by atoms with van der Waals surface area (Å²) < 4.78 is 0. The molecule has 94 valence electrons. The first-order valence-corrected chi connectivity index (χ1v) is 6.91. The molecule has 0 amide bonds. The van der Waals surface area contributed by atoms with Crippen LogP contribution in [-0.2, 0) is 5.88 Å². The Morgan fingerprint density at radius 1 is 1.29 bits per heavy atom. The van der Waals surface area contributed by atoms with E-state index < -0.39 is 0 Å². The highest BCUT2D eigenvalue weighted by Crippen LogP contribution is 2.25. The van der Waals surface area contributed by atoms with Crippen molar-refractivity contribution in [2.24, 2.45) is 11.8 Å². The van der Waals surface area contributed by atoms with Gasteiger partial charge in [0.15, 0.2) is 0 Å². The Morgan fingerprint density at radius 2 is 1.94 bits per heavy atom. The molecule has 0 radical (unpaired) electrons. The van der Waals surface area contributed by atoms with Gasteiger partial charge >= 0.3 is 0 Å². The second kappa shape index (κ2) is 5.26. The molecule has 2 rings (SSSR count). The monoisotopic (exact) mass is 252 g/mol. The van der Waals surface area contributed by atoms with Crippen LogP contribution in [0, 0.1) is 18.8 Å². The number of rotatable bonds is 2. The molecule has 2 atom stereocenters. The van der Waals surface area contributed by atoms with Gasteiger partial charge in [-0.05, 0) is 36.8 Å². The Kier molecular flexibility index (Phi) is 3.93. The first-order valence-electron chi connectivity index (χ1n) is 6.37. The van der Waals surface area contributed by atoms with Crippen molar-refractivity contribution in [1.82, 2.24) is 4.98 Å². The topological polar surface area (TPSA) is 16.1 Å². The third-order valence-corrected chi connectivity index (χ3v) is 3.81. The Bertz CT molecular complexity index is 382. The van der Waals surface area contributed by atoms with Gasteiger partial charge in [0.1, 0.15) is 5.82 Å². The zero-order valence-corrected chi connectivity index (χ0v) is 11.7. The summed E-state index contributed by atoms with van der Waals surface area (Å²) in [5.41, 5.74) is 2.19. The molecule has 1 aliphatic heterocycles. The van der Waals surface area contributed by atoms with Crippen molar-refractivity contribution in [1.29, 1.82) is 0 Å². The number of alkyl halides is 1. The van der Waals surface area contributed by atoms with Gasteiger partial charge in [0.2, 0.25) is 0 Å². The molecule has 0 spiro atoms. The van der Waals surface area contributed by atoms with E-state index in [9.17, 15) is 0 Å². The van der Waals surface area contributed by atoms with Gasteiger partial charge in [-0.25, -0.2) is 4.98 Å². The van der Waals surface area contributed by atoms with Crippen molar-refractivity contribution in [3.63, 3.8) is 0 Å². The largest absolute Gasteiger partial charge is 0.356 e. The number of aryl methyl sites for hydroxylation is 1. The quantitative estimate of drug-likeness (QED) is 0.748. The lowest BCUT2D eigenvalue weighted by atomic mass is 9.92. The summed E-state index contributed by atoms with van der Waals surface area (Å²) in [6, 6.07) is 4.21. The number of nitrogens with zero attached hydrogens (tertiary/aromatic N) is 2. The predicted octanol–water partition coefficient (Wildman–Crippen LogP) is 3.61. The van der Waals surface area contributed by atoms with Crippen molar-refractivity contribution in [3.8, 4) is 0 Å². The van der Waals surface area contributed by atoms with E-state index in [0.717, 1.165) is 42.0 Å². The average Bonchev–Trinajstić information content (AvgIpc) is 2.27. The highest BCUT2D eigenvalue weighted by Gasteiger charge is 2.22. The lowest BCUT2D eigenvalue weighted by Gasteiger charge is -2.36. The summed E-state index contributed by atoms with van der Waals surface area (Å²) in [4.78, 5) is 7.08. The molecule has 0 saturated carbocycles. The van der Waals surface area contributed by atoms with Crippen LogP contribution in [0.2, 0.25) is 0 Å². The van der Waals surface area contributed by atoms with Crippen LogP contribution in [0.5, 0.6) is 0 Å². The maximum atomic E-state index is 5.86. The van der Waals surface area contributed by atoms with Gasteiger partial charge in [-0.2, -0.15) is 0 Å². The molecular formula is C14H21ClN2. The molecule has 2 heterocycles. The maximum Gasteiger partial charge on any atom is 0.128 e. The van der Waals surface area contributed by atoms with Crippen LogP contribution in [0.25, 0.3) is 0 Å². The molecule has 0 N–H and O–H groups in total. The Morgan fingerprint density at radius 3 is 2.47 bits per heavy atom. The summed E-state index contributed by atoms with van der Waals surface area (Å²) in [5, 5.41) is 0. The predicted molar refractivity (Wildman–Crippen MR) is 73.7 cm³/mol. The zero-order chi connectivity index (χ0) is 12.4. The summed E-state index contributed by atoms with van der Waals surface area (Å²) >= 11 is 5.86. The van der Waals surface area contributed by atoms with E-state index >= 15 is 0 Å². The molecule has 17 heavy (non-hydrogen) atoms. The highest BCUT2D eigenvalue weighted by atomic mass is 35.5. The van der Waals surface area contributed by atoms with Crippen LogP contribution in [0.3, 0.4) is 0 Å². The lowest BCUT2D eigenvalue weighted by Crippen LogP contribution is -2.39. The van der Waals surface area contributed by atoms with Crippen molar-refractivity contribution in [2.75, 3.05) is 18.0 Å². The molecule has 1 fully saturated rings. The summed E-state index contributed by atoms with van der Waals surface area (Å²) in [6.07, 6.45) is 1.33. The second-order valence-electron chi connectivity index (χ2n) is 5.40. The van der Waals surface area contributed by atoms with Gasteiger partial charge < -0.3 is 4.90 Å². The van der Waals surface area contributed by atoms with Crippen LogP contribution < -0.4 is 4.90 Å². The smallest absolute Gasteiger partial charge is 0.128 e. The first-order chi connectivity index (χ1) is 8.10. The van der Waals surface area contributed by atoms with Gasteiger partial charge in [-0.1, -0.05) is 19.9 Å². The minimum atomic E-state index is 0.548. The van der Waals surface area contributed by atoms with Gasteiger partial charge in [0.25, 0.3) is 0 Å². The third-order valence-electron chi connectivity index (χ3n) is 3.52. The Hall–Kier alpha value is -0.760. The summed E-state index contributed by atoms with van der Waals surface area (Å²) in [6.45, 7) is 8.93. The number of pyridine rings is 1. The molecule has 0 aromatic carbocycles. The van der Waals surface area contributed by atoms with Gasteiger partial charge in [-0.3, -0.25) is 0 Å². The summed E-state index contributed by atoms with van der Waals surface area (Å²) in [5.74, 6) is 3.17. The van der Waals surface area contributed by atoms with E-state index in [4.69, 9.17) is 11.6 Å². The van der Waals surface area contributed by atoms with Crippen molar-refractivity contribution < 1.29 is 0 Å². The molecule has 1 aromatic rings. The van der Waals surface area contributed by atoms with E-state index in [2.05, 4.69) is 35.9 Å². The zero-order valence-electron chi connectivity index (χ0n) is 10.9. The first kappa shape index (κ1) is 12.7. The normalized spacial score (nSPS) is 25.1. The van der Waals surface area contributed by atoms with Crippen LogP contribution in [0.4, 0.5) is 5.82 Å². The Labute approximate surface area is 109 Å². The van der Waals surface area contributed by atoms with Gasteiger partial charge in [0, 0.05) is 24.7 Å². The number of hydrogen-bond acceptors (Lipinski definition) is 2. The van der Waals surface area contributed by atoms with E-state index in [1.54, 1.807) is 0 Å². The standard InChI is InChI=1S/C14H21ClN2/c1-10-6-11(2)9-17(8-10)14-5-4-13(7-15)12(3)16-14/h4-5,10-11H,6-9H2,1-3H3. The molecule has 3 heteroatoms. The number of hydrogen-bond donors (Lipinski definition) is 0. The summed E-state index contributed by atoms with van der Waals surface area (Å²) in [7, 11) is 0. The van der Waals surface area contributed by atoms with Crippen LogP contribution >= 0.6 is 11.6 Å². The van der Waals surface area contributed by atoms with E-state index in [1.165, 1.54) is 6.42 Å². The molecule has 1 aliphatic rings. The fourth-order valence-electron chi connectivity index (χ4n) is 2.74. The van der Waals surface area contributed by atoms with Crippen molar-refractivity contribution >= 4 is 17.4 Å². The van der Waals surface area contributed by atoms with Crippen LogP contribution in [-0.4, -0.2) is 18.1 Å². The minimum Gasteiger partial charge on any atom is -0.356 e. The molecule has 1 aromatic heterocycles. The SMILES string of the molecule is Cc1nc(N2CC(C)CC(C)C2)ccc1CCl. The second-order valence-corrected chi connectivity index (χ2v) is 5.67. The average molecular weight is 253 g/mol. The van der Waals surface area contributed by atoms with Gasteiger partial charge in [0.05, 0.1) is 0 Å². The van der Waals surface area contributed by atoms with Crippen molar-refractivity contribution in [3.05, 3.63) is 23.4 Å². The Balaban J connectivity index is 2.19. The molecular weight excluding hydrogens is 232 g/mol. The number of piperidine rings is 1. The third kappa shape index (κ3) is 2.92. The molecule has 0 aliphatic carbocycles. The fourth-order valence-corrected chi connectivity index (χ4v) is 3.03. The van der Waals surface area contributed by atoms with Gasteiger partial charge in [-0.15, -0.1) is 11.6 Å². The number of anilines is 1. The molecule has 2 nitrogen and oxygen atoms in total. The number of halogens is 1. The fraction of sp³-hybridized carbons (Fsp3) is 0.643. The minimum absolute atomic E-state index is 0.548. The maximum absolute atomic E-state index is 5.86. The van der Waals surface area contributed by atoms with Crippen LogP contribution in [0.1, 0.15) is 31.5 Å². The number of aromatic nitrogens is 1. The molecule has 1 saturated heterocycles. The van der Waals surface area contributed by atoms with Crippen molar-refractivity contribution in [2.45, 2.75) is 33.1 Å². The highest BCUT2D eigenvalue weighted by molar-refractivity contribution is 6.17. The molecule has 2 unspecified atom stereocenters. The van der Waals surface area contributed by atoms with E-state index in [-0.39, 0.29) is 0 Å². The van der Waals surface area contributed by atoms with E-state index in [0.29, 0.717) is 5.88 Å². The van der Waals surface area contributed by atoms with Crippen LogP contribution in [0.15, 0.2) is 12.1 Å².